The molecule has 3 nitrogen and oxygen atoms in total. The molecule has 0 heterocycles. The first kappa shape index (κ1) is 11.1. The molecule has 16 heavy (non-hydrogen) atoms. The average Bonchev–Trinajstić information content (AvgIpc) is 2.19. The van der Waals surface area contributed by atoms with Crippen LogP contribution in [0.5, 0.6) is 0 Å². The fraction of sp³-hybridized carbons (Fsp3) is 0.462. The summed E-state index contributed by atoms with van der Waals surface area (Å²) in [6, 6.07) is 7.74. The number of ether oxygens (including phenoxy) is 1. The molecule has 0 saturated heterocycles. The van der Waals surface area contributed by atoms with Crippen LogP contribution in [-0.2, 0) is 14.9 Å². The topological polar surface area (TPSA) is 46.5 Å². The number of carbonyl (C=O) groups is 1. The van der Waals surface area contributed by atoms with Crippen molar-refractivity contribution in [2.24, 2.45) is 0 Å². The molecule has 1 aromatic carbocycles. The minimum atomic E-state index is -0.746. The predicted octanol–water partition coefficient (Wildman–Crippen LogP) is 2.13. The van der Waals surface area contributed by atoms with E-state index in [-0.39, 0.29) is 6.10 Å². The number of aryl methyl sites for hydroxylation is 1. The van der Waals surface area contributed by atoms with Crippen LogP contribution in [0.4, 0.5) is 0 Å². The summed E-state index contributed by atoms with van der Waals surface area (Å²) in [6.45, 7) is 2.00. The van der Waals surface area contributed by atoms with Gasteiger partial charge in [0.1, 0.15) is 0 Å². The average molecular weight is 220 g/mol. The number of hydrogen-bond donors (Lipinski definition) is 1. The SMILES string of the molecule is COC1CC(C(=O)O)(c2ccc(C)cc2)C1. The van der Waals surface area contributed by atoms with Gasteiger partial charge in [0.2, 0.25) is 0 Å². The van der Waals surface area contributed by atoms with Crippen molar-refractivity contribution >= 4 is 5.97 Å². The first-order valence-electron chi connectivity index (χ1n) is 5.42. The van der Waals surface area contributed by atoms with Crippen molar-refractivity contribution in [2.75, 3.05) is 7.11 Å². The van der Waals surface area contributed by atoms with Crippen LogP contribution in [0.3, 0.4) is 0 Å². The molecule has 0 unspecified atom stereocenters. The normalized spacial score (nSPS) is 28.5. The molecule has 1 aromatic rings. The van der Waals surface area contributed by atoms with E-state index in [0.717, 1.165) is 11.1 Å². The molecule has 2 rings (SSSR count). The first-order chi connectivity index (χ1) is 7.58. The Morgan fingerprint density at radius 1 is 1.38 bits per heavy atom. The van der Waals surface area contributed by atoms with E-state index < -0.39 is 11.4 Å². The number of hydrogen-bond acceptors (Lipinski definition) is 2. The number of carboxylic acids is 1. The number of aliphatic carboxylic acids is 1. The van der Waals surface area contributed by atoms with Crippen LogP contribution in [0.2, 0.25) is 0 Å². The summed E-state index contributed by atoms with van der Waals surface area (Å²) in [7, 11) is 1.63. The van der Waals surface area contributed by atoms with Gasteiger partial charge in [-0.2, -0.15) is 0 Å². The van der Waals surface area contributed by atoms with Crippen molar-refractivity contribution in [2.45, 2.75) is 31.3 Å². The lowest BCUT2D eigenvalue weighted by Crippen LogP contribution is -2.51. The number of methoxy groups -OCH3 is 1. The van der Waals surface area contributed by atoms with Gasteiger partial charge < -0.3 is 9.84 Å². The Morgan fingerprint density at radius 2 is 1.94 bits per heavy atom. The van der Waals surface area contributed by atoms with Crippen LogP contribution in [0, 0.1) is 6.92 Å². The Morgan fingerprint density at radius 3 is 2.38 bits per heavy atom. The molecular weight excluding hydrogens is 204 g/mol. The van der Waals surface area contributed by atoms with Gasteiger partial charge in [0, 0.05) is 7.11 Å². The zero-order valence-electron chi connectivity index (χ0n) is 9.56. The second-order valence-corrected chi connectivity index (χ2v) is 4.52. The molecule has 1 aliphatic carbocycles. The molecule has 1 fully saturated rings. The second-order valence-electron chi connectivity index (χ2n) is 4.52. The van der Waals surface area contributed by atoms with Gasteiger partial charge >= 0.3 is 5.97 Å². The van der Waals surface area contributed by atoms with Gasteiger partial charge in [-0.15, -0.1) is 0 Å². The summed E-state index contributed by atoms with van der Waals surface area (Å²) in [6.07, 6.45) is 1.22. The van der Waals surface area contributed by atoms with Gasteiger partial charge in [-0.1, -0.05) is 29.8 Å². The highest BCUT2D eigenvalue weighted by Gasteiger charge is 2.51. The predicted molar refractivity (Wildman–Crippen MR) is 60.5 cm³/mol. The minimum Gasteiger partial charge on any atom is -0.481 e. The lowest BCUT2D eigenvalue weighted by molar-refractivity contribution is -0.154. The summed E-state index contributed by atoms with van der Waals surface area (Å²) >= 11 is 0. The smallest absolute Gasteiger partial charge is 0.314 e. The Labute approximate surface area is 95.0 Å². The van der Waals surface area contributed by atoms with Crippen LogP contribution in [0.25, 0.3) is 0 Å². The first-order valence-corrected chi connectivity index (χ1v) is 5.42. The maximum absolute atomic E-state index is 11.4. The van der Waals surface area contributed by atoms with Gasteiger partial charge in [-0.05, 0) is 25.3 Å². The fourth-order valence-electron chi connectivity index (χ4n) is 2.29. The van der Waals surface area contributed by atoms with Crippen LogP contribution >= 0.6 is 0 Å². The molecule has 1 N–H and O–H groups in total. The van der Waals surface area contributed by atoms with Crippen molar-refractivity contribution in [1.29, 1.82) is 0 Å². The molecule has 86 valence electrons. The Balaban J connectivity index is 2.28. The van der Waals surface area contributed by atoms with E-state index in [9.17, 15) is 9.90 Å². The maximum atomic E-state index is 11.4. The van der Waals surface area contributed by atoms with Crippen molar-refractivity contribution in [3.63, 3.8) is 0 Å². The van der Waals surface area contributed by atoms with E-state index in [1.807, 2.05) is 31.2 Å². The highest BCUT2D eigenvalue weighted by molar-refractivity contribution is 5.83. The lowest BCUT2D eigenvalue weighted by Gasteiger charge is -2.43. The molecule has 0 aromatic heterocycles. The Kier molecular flexibility index (Phi) is 2.72. The van der Waals surface area contributed by atoms with Gasteiger partial charge in [0.25, 0.3) is 0 Å². The van der Waals surface area contributed by atoms with Crippen LogP contribution in [0.15, 0.2) is 24.3 Å². The molecule has 1 aliphatic rings. The van der Waals surface area contributed by atoms with E-state index in [4.69, 9.17) is 4.74 Å². The standard InChI is InChI=1S/C13H16O3/c1-9-3-5-10(6-4-9)13(12(14)15)7-11(8-13)16-2/h3-6,11H,7-8H2,1-2H3,(H,14,15). The van der Waals surface area contributed by atoms with E-state index in [0.29, 0.717) is 12.8 Å². The van der Waals surface area contributed by atoms with Crippen molar-refractivity contribution in [1.82, 2.24) is 0 Å². The molecule has 1 saturated carbocycles. The number of carboxylic acid groups (broad SMARTS) is 1. The monoisotopic (exact) mass is 220 g/mol. The summed E-state index contributed by atoms with van der Waals surface area (Å²) in [5.74, 6) is -0.746. The van der Waals surface area contributed by atoms with E-state index in [2.05, 4.69) is 0 Å². The van der Waals surface area contributed by atoms with Crippen LogP contribution in [0.1, 0.15) is 24.0 Å². The largest absolute Gasteiger partial charge is 0.481 e. The molecular formula is C13H16O3. The zero-order valence-corrected chi connectivity index (χ0v) is 9.56. The summed E-state index contributed by atoms with van der Waals surface area (Å²) in [5, 5.41) is 9.36. The van der Waals surface area contributed by atoms with Crippen molar-refractivity contribution in [3.8, 4) is 0 Å². The number of benzene rings is 1. The molecule has 0 amide bonds. The third kappa shape index (κ3) is 1.61. The summed E-state index contributed by atoms with van der Waals surface area (Å²) < 4.78 is 5.17. The van der Waals surface area contributed by atoms with Crippen LogP contribution in [-0.4, -0.2) is 24.3 Å². The third-order valence-corrected chi connectivity index (χ3v) is 3.50. The van der Waals surface area contributed by atoms with Crippen molar-refractivity contribution < 1.29 is 14.6 Å². The zero-order chi connectivity index (χ0) is 11.8. The minimum absolute atomic E-state index is 0.0809. The highest BCUT2D eigenvalue weighted by atomic mass is 16.5. The van der Waals surface area contributed by atoms with Gasteiger partial charge in [0.05, 0.1) is 11.5 Å². The Hall–Kier alpha value is -1.35. The molecule has 3 heteroatoms. The van der Waals surface area contributed by atoms with Crippen molar-refractivity contribution in [3.05, 3.63) is 35.4 Å². The fourth-order valence-corrected chi connectivity index (χ4v) is 2.29. The van der Waals surface area contributed by atoms with Gasteiger partial charge in [-0.25, -0.2) is 0 Å². The van der Waals surface area contributed by atoms with Gasteiger partial charge in [0.15, 0.2) is 0 Å². The van der Waals surface area contributed by atoms with E-state index in [1.54, 1.807) is 7.11 Å². The molecule has 0 atom stereocenters. The molecule has 0 aliphatic heterocycles. The summed E-state index contributed by atoms with van der Waals surface area (Å²) in [4.78, 5) is 11.4. The Bertz CT molecular complexity index is 388. The highest BCUT2D eigenvalue weighted by Crippen LogP contribution is 2.45. The second kappa shape index (κ2) is 3.91. The quantitative estimate of drug-likeness (QED) is 0.848. The molecule has 0 spiro atoms. The lowest BCUT2D eigenvalue weighted by atomic mass is 9.62. The molecule has 0 bridgehead atoms. The van der Waals surface area contributed by atoms with E-state index >= 15 is 0 Å². The summed E-state index contributed by atoms with van der Waals surface area (Å²) in [5.41, 5.74) is 1.31. The third-order valence-electron chi connectivity index (χ3n) is 3.50. The maximum Gasteiger partial charge on any atom is 0.314 e. The molecule has 0 radical (unpaired) electrons. The van der Waals surface area contributed by atoms with Crippen LogP contribution < -0.4 is 0 Å². The van der Waals surface area contributed by atoms with E-state index in [1.165, 1.54) is 0 Å². The number of rotatable bonds is 3. The van der Waals surface area contributed by atoms with Gasteiger partial charge in [-0.3, -0.25) is 4.79 Å².